The summed E-state index contributed by atoms with van der Waals surface area (Å²) in [5.74, 6) is 0.228. The van der Waals surface area contributed by atoms with Crippen molar-refractivity contribution >= 4 is 22.9 Å². The zero-order valence-corrected chi connectivity index (χ0v) is 17.9. The quantitative estimate of drug-likeness (QED) is 0.556. The molecule has 0 spiro atoms. The summed E-state index contributed by atoms with van der Waals surface area (Å²) in [5.41, 5.74) is 2.83. The van der Waals surface area contributed by atoms with Crippen LogP contribution in [0.25, 0.3) is 11.3 Å². The van der Waals surface area contributed by atoms with E-state index in [2.05, 4.69) is 15.3 Å². The molecule has 0 radical (unpaired) electrons. The Balaban J connectivity index is 1.57. The van der Waals surface area contributed by atoms with Gasteiger partial charge >= 0.3 is 0 Å². The van der Waals surface area contributed by atoms with Crippen LogP contribution in [-0.2, 0) is 4.74 Å². The lowest BCUT2D eigenvalue weighted by atomic mass is 10.1. The van der Waals surface area contributed by atoms with E-state index in [0.29, 0.717) is 30.3 Å². The SMILES string of the molecule is Cc1nc(-c2cccc(NC(=O)c3ccc(OCCOC(C)(C)C)nc3)c2)cs1. The Labute approximate surface area is 174 Å². The number of hydrogen-bond donors (Lipinski definition) is 1. The van der Waals surface area contributed by atoms with Crippen LogP contribution >= 0.6 is 11.3 Å². The molecule has 29 heavy (non-hydrogen) atoms. The van der Waals surface area contributed by atoms with Crippen LogP contribution in [0, 0.1) is 6.92 Å². The van der Waals surface area contributed by atoms with Crippen molar-refractivity contribution in [2.75, 3.05) is 18.5 Å². The van der Waals surface area contributed by atoms with Crippen molar-refractivity contribution in [3.63, 3.8) is 0 Å². The first-order valence-electron chi connectivity index (χ1n) is 9.37. The van der Waals surface area contributed by atoms with Crippen molar-refractivity contribution in [1.29, 1.82) is 0 Å². The van der Waals surface area contributed by atoms with Gasteiger partial charge in [-0.2, -0.15) is 0 Å². The van der Waals surface area contributed by atoms with E-state index >= 15 is 0 Å². The van der Waals surface area contributed by atoms with Gasteiger partial charge in [0.05, 0.1) is 28.5 Å². The van der Waals surface area contributed by atoms with Crippen LogP contribution in [0.2, 0.25) is 0 Å². The second-order valence-electron chi connectivity index (χ2n) is 7.48. The number of pyridine rings is 1. The molecule has 6 nitrogen and oxygen atoms in total. The lowest BCUT2D eigenvalue weighted by molar-refractivity contribution is -0.0168. The number of carbonyl (C=O) groups is 1. The Kier molecular flexibility index (Phi) is 6.61. The number of ether oxygens (including phenoxy) is 2. The fourth-order valence-electron chi connectivity index (χ4n) is 2.55. The number of aromatic nitrogens is 2. The molecule has 3 aromatic rings. The van der Waals surface area contributed by atoms with Crippen LogP contribution in [0.3, 0.4) is 0 Å². The minimum absolute atomic E-state index is 0.200. The topological polar surface area (TPSA) is 73.3 Å². The molecular weight excluding hydrogens is 386 g/mol. The van der Waals surface area contributed by atoms with Crippen molar-refractivity contribution < 1.29 is 14.3 Å². The number of amides is 1. The summed E-state index contributed by atoms with van der Waals surface area (Å²) < 4.78 is 11.1. The van der Waals surface area contributed by atoms with Crippen molar-refractivity contribution in [2.45, 2.75) is 33.3 Å². The molecule has 0 unspecified atom stereocenters. The minimum Gasteiger partial charge on any atom is -0.475 e. The largest absolute Gasteiger partial charge is 0.475 e. The molecule has 0 saturated heterocycles. The fourth-order valence-corrected chi connectivity index (χ4v) is 3.17. The van der Waals surface area contributed by atoms with Gasteiger partial charge in [-0.1, -0.05) is 12.1 Å². The van der Waals surface area contributed by atoms with E-state index in [0.717, 1.165) is 16.3 Å². The Morgan fingerprint density at radius 3 is 2.66 bits per heavy atom. The summed E-state index contributed by atoms with van der Waals surface area (Å²) in [4.78, 5) is 21.2. The van der Waals surface area contributed by atoms with Gasteiger partial charge in [0.25, 0.3) is 5.91 Å². The number of aryl methyl sites for hydroxylation is 1. The highest BCUT2D eigenvalue weighted by Crippen LogP contribution is 2.24. The Bertz CT molecular complexity index is 962. The number of benzene rings is 1. The van der Waals surface area contributed by atoms with Gasteiger partial charge in [0.2, 0.25) is 5.88 Å². The molecule has 0 saturated carbocycles. The first-order chi connectivity index (χ1) is 13.8. The normalized spacial score (nSPS) is 11.3. The Morgan fingerprint density at radius 2 is 2.00 bits per heavy atom. The van der Waals surface area contributed by atoms with Gasteiger partial charge in [0.1, 0.15) is 6.61 Å². The highest BCUT2D eigenvalue weighted by molar-refractivity contribution is 7.09. The van der Waals surface area contributed by atoms with Gasteiger partial charge in [-0.3, -0.25) is 4.79 Å². The van der Waals surface area contributed by atoms with E-state index in [1.807, 2.05) is 57.3 Å². The smallest absolute Gasteiger partial charge is 0.257 e. The van der Waals surface area contributed by atoms with Crippen molar-refractivity contribution in [3.05, 3.63) is 58.5 Å². The second kappa shape index (κ2) is 9.15. The highest BCUT2D eigenvalue weighted by atomic mass is 32.1. The van der Waals surface area contributed by atoms with E-state index in [-0.39, 0.29) is 11.5 Å². The first-order valence-corrected chi connectivity index (χ1v) is 10.2. The average Bonchev–Trinajstić information content (AvgIpc) is 3.12. The zero-order valence-electron chi connectivity index (χ0n) is 17.1. The summed E-state index contributed by atoms with van der Waals surface area (Å²) in [5, 5.41) is 5.91. The van der Waals surface area contributed by atoms with Crippen LogP contribution in [0.5, 0.6) is 5.88 Å². The molecule has 0 aliphatic rings. The molecule has 152 valence electrons. The van der Waals surface area contributed by atoms with Crippen molar-refractivity contribution in [3.8, 4) is 17.1 Å². The summed E-state index contributed by atoms with van der Waals surface area (Å²) in [6.07, 6.45) is 1.50. The van der Waals surface area contributed by atoms with Crippen LogP contribution in [0.4, 0.5) is 5.69 Å². The summed E-state index contributed by atoms with van der Waals surface area (Å²) in [6.45, 7) is 8.82. The number of hydrogen-bond acceptors (Lipinski definition) is 6. The predicted octanol–water partition coefficient (Wildman–Crippen LogP) is 4.96. The molecule has 0 atom stereocenters. The molecule has 3 rings (SSSR count). The van der Waals surface area contributed by atoms with Crippen LogP contribution in [0.15, 0.2) is 48.0 Å². The third-order valence-electron chi connectivity index (χ3n) is 3.90. The molecule has 1 N–H and O–H groups in total. The number of rotatable bonds is 7. The molecule has 0 aliphatic heterocycles. The number of anilines is 1. The number of nitrogens with one attached hydrogen (secondary N) is 1. The lowest BCUT2D eigenvalue weighted by Crippen LogP contribution is -2.22. The number of nitrogens with zero attached hydrogens (tertiary/aromatic N) is 2. The fraction of sp³-hybridized carbons (Fsp3) is 0.318. The monoisotopic (exact) mass is 411 g/mol. The van der Waals surface area contributed by atoms with Crippen LogP contribution in [-0.4, -0.2) is 34.7 Å². The highest BCUT2D eigenvalue weighted by Gasteiger charge is 2.11. The average molecular weight is 412 g/mol. The third kappa shape index (κ3) is 6.37. The van der Waals surface area contributed by atoms with E-state index in [1.165, 1.54) is 6.20 Å². The zero-order chi connectivity index (χ0) is 20.9. The standard InChI is InChI=1S/C22H25N3O3S/c1-15-24-19(14-29-15)16-6-5-7-18(12-16)25-21(26)17-8-9-20(23-13-17)27-10-11-28-22(2,3)4/h5-9,12-14H,10-11H2,1-4H3,(H,25,26). The van der Waals surface area contributed by atoms with E-state index in [1.54, 1.807) is 23.5 Å². The summed E-state index contributed by atoms with van der Waals surface area (Å²) >= 11 is 1.60. The van der Waals surface area contributed by atoms with Crippen molar-refractivity contribution in [2.24, 2.45) is 0 Å². The minimum atomic E-state index is -0.230. The maximum Gasteiger partial charge on any atom is 0.257 e. The third-order valence-corrected chi connectivity index (χ3v) is 4.68. The summed E-state index contributed by atoms with van der Waals surface area (Å²) in [7, 11) is 0. The number of carbonyl (C=O) groups excluding carboxylic acids is 1. The maximum absolute atomic E-state index is 12.5. The molecule has 2 heterocycles. The van der Waals surface area contributed by atoms with E-state index < -0.39 is 0 Å². The molecule has 7 heteroatoms. The van der Waals surface area contributed by atoms with E-state index in [9.17, 15) is 4.79 Å². The lowest BCUT2D eigenvalue weighted by Gasteiger charge is -2.19. The molecule has 1 amide bonds. The van der Waals surface area contributed by atoms with Crippen LogP contribution < -0.4 is 10.1 Å². The van der Waals surface area contributed by atoms with Gasteiger partial charge in [-0.25, -0.2) is 9.97 Å². The van der Waals surface area contributed by atoms with E-state index in [4.69, 9.17) is 9.47 Å². The van der Waals surface area contributed by atoms with Crippen LogP contribution in [0.1, 0.15) is 36.1 Å². The van der Waals surface area contributed by atoms with Gasteiger partial charge in [-0.15, -0.1) is 11.3 Å². The van der Waals surface area contributed by atoms with Gasteiger partial charge in [0.15, 0.2) is 0 Å². The van der Waals surface area contributed by atoms with Gasteiger partial charge in [0, 0.05) is 28.9 Å². The molecule has 0 aliphatic carbocycles. The van der Waals surface area contributed by atoms with Gasteiger partial charge in [-0.05, 0) is 45.9 Å². The molecule has 0 bridgehead atoms. The maximum atomic E-state index is 12.5. The van der Waals surface area contributed by atoms with Crippen molar-refractivity contribution in [1.82, 2.24) is 9.97 Å². The molecule has 1 aromatic carbocycles. The summed E-state index contributed by atoms with van der Waals surface area (Å²) in [6, 6.07) is 11.0. The second-order valence-corrected chi connectivity index (χ2v) is 8.54. The predicted molar refractivity (Wildman–Crippen MR) is 116 cm³/mol. The Morgan fingerprint density at radius 1 is 1.17 bits per heavy atom. The van der Waals surface area contributed by atoms with Gasteiger partial charge < -0.3 is 14.8 Å². The molecule has 2 aromatic heterocycles. The molecule has 0 fully saturated rings. The Hall–Kier alpha value is -2.77. The first kappa shape index (κ1) is 21.0. The number of thiazole rings is 1. The molecular formula is C22H25N3O3S.